The highest BCUT2D eigenvalue weighted by Gasteiger charge is 2.11. The first kappa shape index (κ1) is 20.1. The number of benzene rings is 1. The average Bonchev–Trinajstić information content (AvgIpc) is 2.49. The molecule has 0 aromatic heterocycles. The lowest BCUT2D eigenvalue weighted by Crippen LogP contribution is -2.41. The van der Waals surface area contributed by atoms with Crippen LogP contribution < -0.4 is 16.0 Å². The second kappa shape index (κ2) is 11.7. The Morgan fingerprint density at radius 2 is 2.05 bits per heavy atom. The predicted molar refractivity (Wildman–Crippen MR) is 95.6 cm³/mol. The first-order valence-corrected chi connectivity index (χ1v) is 8.33. The summed E-state index contributed by atoms with van der Waals surface area (Å²) in [4.78, 5) is 13.9. The molecule has 21 heavy (non-hydrogen) atoms. The Morgan fingerprint density at radius 3 is 2.67 bits per heavy atom. The van der Waals surface area contributed by atoms with Crippen LogP contribution in [0.4, 0.5) is 5.69 Å². The number of rotatable bonds is 9. The van der Waals surface area contributed by atoms with Crippen LogP contribution >= 0.6 is 24.2 Å². The van der Waals surface area contributed by atoms with Gasteiger partial charge in [-0.1, -0.05) is 18.2 Å². The molecule has 4 nitrogen and oxygen atoms in total. The van der Waals surface area contributed by atoms with Crippen LogP contribution in [0.15, 0.2) is 30.3 Å². The van der Waals surface area contributed by atoms with Gasteiger partial charge in [0.15, 0.2) is 0 Å². The van der Waals surface area contributed by atoms with Gasteiger partial charge >= 0.3 is 0 Å². The molecule has 0 heterocycles. The lowest BCUT2D eigenvalue weighted by molar-refractivity contribution is -0.122. The molecule has 120 valence electrons. The fraction of sp³-hybridized carbons (Fsp3) is 0.533. The van der Waals surface area contributed by atoms with E-state index in [4.69, 9.17) is 5.73 Å². The van der Waals surface area contributed by atoms with E-state index in [1.54, 1.807) is 11.8 Å². The van der Waals surface area contributed by atoms with Gasteiger partial charge in [0.05, 0.1) is 6.04 Å². The van der Waals surface area contributed by atoms with Crippen LogP contribution in [0.2, 0.25) is 0 Å². The van der Waals surface area contributed by atoms with Crippen molar-refractivity contribution >= 4 is 35.8 Å². The number of para-hydroxylation sites is 1. The number of anilines is 1. The molecule has 0 spiro atoms. The van der Waals surface area contributed by atoms with E-state index in [-0.39, 0.29) is 24.4 Å². The molecule has 0 fully saturated rings. The average molecular weight is 332 g/mol. The third kappa shape index (κ3) is 8.19. The molecule has 0 saturated carbocycles. The number of nitrogens with zero attached hydrogens (tertiary/aromatic N) is 1. The zero-order valence-electron chi connectivity index (χ0n) is 12.7. The van der Waals surface area contributed by atoms with E-state index in [0.717, 1.165) is 25.1 Å². The number of hydrogen-bond acceptors (Lipinski definition) is 4. The van der Waals surface area contributed by atoms with Gasteiger partial charge in [0, 0.05) is 25.8 Å². The first-order valence-electron chi connectivity index (χ1n) is 6.93. The molecule has 0 unspecified atom stereocenters. The van der Waals surface area contributed by atoms with Crippen molar-refractivity contribution in [3.05, 3.63) is 30.3 Å². The van der Waals surface area contributed by atoms with Crippen LogP contribution in [-0.2, 0) is 4.79 Å². The summed E-state index contributed by atoms with van der Waals surface area (Å²) in [6.45, 7) is 1.58. The smallest absolute Gasteiger partial charge is 0.236 e. The molecule has 1 amide bonds. The Bertz CT molecular complexity index is 392. The van der Waals surface area contributed by atoms with E-state index in [0.29, 0.717) is 6.54 Å². The lowest BCUT2D eigenvalue weighted by atomic mass is 10.2. The van der Waals surface area contributed by atoms with Crippen molar-refractivity contribution in [3.8, 4) is 0 Å². The second-order valence-electron chi connectivity index (χ2n) is 4.79. The zero-order valence-corrected chi connectivity index (χ0v) is 14.4. The summed E-state index contributed by atoms with van der Waals surface area (Å²) in [5, 5.41) is 2.90. The fourth-order valence-electron chi connectivity index (χ4n) is 1.85. The van der Waals surface area contributed by atoms with Gasteiger partial charge in [0.2, 0.25) is 5.91 Å². The molecule has 0 aliphatic heterocycles. The normalized spacial score (nSPS) is 11.4. The van der Waals surface area contributed by atoms with Crippen molar-refractivity contribution in [3.63, 3.8) is 0 Å². The third-order valence-corrected chi connectivity index (χ3v) is 3.78. The Labute approximate surface area is 138 Å². The summed E-state index contributed by atoms with van der Waals surface area (Å²) in [5.41, 5.74) is 6.99. The fourth-order valence-corrected chi connectivity index (χ4v) is 2.34. The maximum absolute atomic E-state index is 11.7. The van der Waals surface area contributed by atoms with E-state index in [2.05, 4.69) is 29.4 Å². The van der Waals surface area contributed by atoms with Crippen molar-refractivity contribution in [2.45, 2.75) is 18.9 Å². The molecular weight excluding hydrogens is 306 g/mol. The van der Waals surface area contributed by atoms with Gasteiger partial charge in [0.1, 0.15) is 0 Å². The molecule has 3 N–H and O–H groups in total. The minimum Gasteiger partial charge on any atom is -0.375 e. The summed E-state index contributed by atoms with van der Waals surface area (Å²) in [6, 6.07) is 9.84. The second-order valence-corrected chi connectivity index (χ2v) is 5.78. The molecular formula is C15H26ClN3OS. The molecule has 1 atom stereocenters. The topological polar surface area (TPSA) is 58.4 Å². The Balaban J connectivity index is 0.00000400. The minimum atomic E-state index is -0.380. The highest BCUT2D eigenvalue weighted by molar-refractivity contribution is 7.98. The minimum absolute atomic E-state index is 0. The van der Waals surface area contributed by atoms with Crippen LogP contribution in [-0.4, -0.2) is 44.1 Å². The third-order valence-electron chi connectivity index (χ3n) is 3.14. The van der Waals surface area contributed by atoms with Gasteiger partial charge < -0.3 is 16.0 Å². The van der Waals surface area contributed by atoms with Gasteiger partial charge in [-0.2, -0.15) is 11.8 Å². The summed E-state index contributed by atoms with van der Waals surface area (Å²) in [6.07, 6.45) is 3.66. The number of amides is 1. The molecule has 0 radical (unpaired) electrons. The highest BCUT2D eigenvalue weighted by Crippen LogP contribution is 2.10. The molecule has 6 heteroatoms. The van der Waals surface area contributed by atoms with Gasteiger partial charge in [-0.3, -0.25) is 4.79 Å². The molecule has 0 saturated heterocycles. The SMILES string of the molecule is CSCC[C@H](N)C(=O)NCCCN(C)c1ccccc1.Cl. The molecule has 1 rings (SSSR count). The van der Waals surface area contributed by atoms with Crippen molar-refractivity contribution in [1.82, 2.24) is 5.32 Å². The van der Waals surface area contributed by atoms with Gasteiger partial charge in [-0.05, 0) is 37.0 Å². The van der Waals surface area contributed by atoms with Crippen LogP contribution in [0.3, 0.4) is 0 Å². The maximum Gasteiger partial charge on any atom is 0.236 e. The molecule has 0 aliphatic carbocycles. The molecule has 1 aromatic carbocycles. The van der Waals surface area contributed by atoms with E-state index in [1.165, 1.54) is 5.69 Å². The van der Waals surface area contributed by atoms with Crippen LogP contribution in [0, 0.1) is 0 Å². The number of carbonyl (C=O) groups excluding carboxylic acids is 1. The Kier molecular flexibility index (Phi) is 11.2. The summed E-state index contributed by atoms with van der Waals surface area (Å²) in [5.74, 6) is 0.882. The summed E-state index contributed by atoms with van der Waals surface area (Å²) in [7, 11) is 2.06. The van der Waals surface area contributed by atoms with Crippen molar-refractivity contribution in [1.29, 1.82) is 0 Å². The van der Waals surface area contributed by atoms with Crippen molar-refractivity contribution in [2.75, 3.05) is 37.0 Å². The summed E-state index contributed by atoms with van der Waals surface area (Å²) >= 11 is 1.71. The lowest BCUT2D eigenvalue weighted by Gasteiger charge is -2.19. The quantitative estimate of drug-likeness (QED) is 0.681. The number of halogens is 1. The largest absolute Gasteiger partial charge is 0.375 e. The van der Waals surface area contributed by atoms with Gasteiger partial charge in [0.25, 0.3) is 0 Å². The Morgan fingerprint density at radius 1 is 1.38 bits per heavy atom. The first-order chi connectivity index (χ1) is 9.65. The van der Waals surface area contributed by atoms with E-state index in [9.17, 15) is 4.79 Å². The van der Waals surface area contributed by atoms with Crippen LogP contribution in [0.5, 0.6) is 0 Å². The number of nitrogens with two attached hydrogens (primary N) is 1. The van der Waals surface area contributed by atoms with Crippen LogP contribution in [0.25, 0.3) is 0 Å². The zero-order chi connectivity index (χ0) is 14.8. The molecule has 1 aromatic rings. The monoisotopic (exact) mass is 331 g/mol. The van der Waals surface area contributed by atoms with Gasteiger partial charge in [-0.15, -0.1) is 12.4 Å². The summed E-state index contributed by atoms with van der Waals surface area (Å²) < 4.78 is 0. The molecule has 0 bridgehead atoms. The van der Waals surface area contributed by atoms with Crippen molar-refractivity contribution < 1.29 is 4.79 Å². The number of hydrogen-bond donors (Lipinski definition) is 2. The van der Waals surface area contributed by atoms with E-state index >= 15 is 0 Å². The van der Waals surface area contributed by atoms with Crippen LogP contribution in [0.1, 0.15) is 12.8 Å². The van der Waals surface area contributed by atoms with E-state index < -0.39 is 0 Å². The predicted octanol–water partition coefficient (Wildman–Crippen LogP) is 2.13. The van der Waals surface area contributed by atoms with E-state index in [1.807, 2.05) is 24.5 Å². The van der Waals surface area contributed by atoms with Gasteiger partial charge in [-0.25, -0.2) is 0 Å². The Hall–Kier alpha value is -0.910. The number of carbonyl (C=O) groups is 1. The highest BCUT2D eigenvalue weighted by atomic mass is 35.5. The maximum atomic E-state index is 11.7. The van der Waals surface area contributed by atoms with Crippen molar-refractivity contribution in [2.24, 2.45) is 5.73 Å². The molecule has 0 aliphatic rings. The standard InChI is InChI=1S/C15H25N3OS.ClH/c1-18(13-7-4-3-5-8-13)11-6-10-17-15(19)14(16)9-12-20-2;/h3-5,7-8,14H,6,9-12,16H2,1-2H3,(H,17,19);1H/t14-;/m0./s1. The number of thioether (sulfide) groups is 1. The number of nitrogens with one attached hydrogen (secondary N) is 1.